The molecule has 0 radical (unpaired) electrons. The molecule has 1 fully saturated rings. The van der Waals surface area contributed by atoms with Gasteiger partial charge in [0.1, 0.15) is 5.82 Å². The van der Waals surface area contributed by atoms with E-state index in [1.165, 1.54) is 0 Å². The third-order valence-corrected chi connectivity index (χ3v) is 4.74. The molecule has 7 heteroatoms. The van der Waals surface area contributed by atoms with E-state index in [2.05, 4.69) is 30.8 Å². The maximum absolute atomic E-state index is 12.6. The van der Waals surface area contributed by atoms with Gasteiger partial charge in [-0.25, -0.2) is 4.98 Å². The van der Waals surface area contributed by atoms with Crippen LogP contribution >= 0.6 is 15.9 Å². The van der Waals surface area contributed by atoms with Crippen LogP contribution in [0.1, 0.15) is 16.1 Å². The van der Waals surface area contributed by atoms with Crippen LogP contribution in [0.4, 0.5) is 11.8 Å². The number of halogens is 1. The maximum atomic E-state index is 12.6. The van der Waals surface area contributed by atoms with E-state index in [1.807, 2.05) is 61.2 Å². The number of hydrogen-bond donors (Lipinski definition) is 0. The molecule has 132 valence electrons. The topological polar surface area (TPSA) is 52.6 Å². The fourth-order valence-electron chi connectivity index (χ4n) is 2.81. The molecule has 3 rings (SSSR count). The molecule has 0 spiro atoms. The molecule has 0 atom stereocenters. The fourth-order valence-corrected chi connectivity index (χ4v) is 3.08. The van der Waals surface area contributed by atoms with Gasteiger partial charge in [0, 0.05) is 62.1 Å². The lowest BCUT2D eigenvalue weighted by Gasteiger charge is -2.35. The van der Waals surface area contributed by atoms with Crippen molar-refractivity contribution in [2.24, 2.45) is 0 Å². The minimum Gasteiger partial charge on any atom is -0.353 e. The molecule has 1 saturated heterocycles. The average Bonchev–Trinajstić information content (AvgIpc) is 2.61. The molecule has 2 aromatic rings. The first-order valence-electron chi connectivity index (χ1n) is 8.27. The zero-order valence-corrected chi connectivity index (χ0v) is 16.3. The van der Waals surface area contributed by atoms with Crippen molar-refractivity contribution in [1.82, 2.24) is 14.9 Å². The number of hydrogen-bond acceptors (Lipinski definition) is 5. The second-order valence-corrected chi connectivity index (χ2v) is 7.26. The number of nitrogens with zero attached hydrogens (tertiary/aromatic N) is 5. The van der Waals surface area contributed by atoms with Crippen molar-refractivity contribution in [2.75, 3.05) is 50.1 Å². The predicted molar refractivity (Wildman–Crippen MR) is 103 cm³/mol. The summed E-state index contributed by atoms with van der Waals surface area (Å²) in [5.74, 6) is 1.72. The van der Waals surface area contributed by atoms with Crippen molar-refractivity contribution in [1.29, 1.82) is 0 Å². The highest BCUT2D eigenvalue weighted by atomic mass is 79.9. The maximum Gasteiger partial charge on any atom is 0.253 e. The summed E-state index contributed by atoms with van der Waals surface area (Å²) < 4.78 is 0.977. The van der Waals surface area contributed by atoms with Gasteiger partial charge in [-0.3, -0.25) is 4.79 Å². The minimum absolute atomic E-state index is 0.0833. The summed E-state index contributed by atoms with van der Waals surface area (Å²) >= 11 is 3.40. The Bertz CT molecular complexity index is 755. The molecule has 1 aliphatic rings. The molecule has 0 saturated carbocycles. The number of rotatable bonds is 3. The van der Waals surface area contributed by atoms with Crippen LogP contribution in [0, 0.1) is 6.92 Å². The van der Waals surface area contributed by atoms with E-state index in [0.717, 1.165) is 34.6 Å². The van der Waals surface area contributed by atoms with Gasteiger partial charge in [-0.2, -0.15) is 4.98 Å². The lowest BCUT2D eigenvalue weighted by atomic mass is 10.2. The average molecular weight is 404 g/mol. The van der Waals surface area contributed by atoms with Gasteiger partial charge in [0.15, 0.2) is 0 Å². The van der Waals surface area contributed by atoms with Crippen molar-refractivity contribution < 1.29 is 4.79 Å². The monoisotopic (exact) mass is 403 g/mol. The Labute approximate surface area is 156 Å². The number of benzene rings is 1. The Morgan fingerprint density at radius 1 is 1.08 bits per heavy atom. The second-order valence-electron chi connectivity index (χ2n) is 6.35. The molecule has 6 nitrogen and oxygen atoms in total. The number of piperazine rings is 1. The number of aromatic nitrogens is 2. The lowest BCUT2D eigenvalue weighted by molar-refractivity contribution is 0.0746. The van der Waals surface area contributed by atoms with Gasteiger partial charge in [-0.1, -0.05) is 15.9 Å². The largest absolute Gasteiger partial charge is 0.353 e. The van der Waals surface area contributed by atoms with Crippen molar-refractivity contribution in [2.45, 2.75) is 6.92 Å². The molecule has 1 amide bonds. The highest BCUT2D eigenvalue weighted by molar-refractivity contribution is 9.10. The summed E-state index contributed by atoms with van der Waals surface area (Å²) in [6.07, 6.45) is 0. The predicted octanol–water partition coefficient (Wildman–Crippen LogP) is 2.58. The second kappa shape index (κ2) is 7.39. The fraction of sp³-hybridized carbons (Fsp3) is 0.389. The third-order valence-electron chi connectivity index (χ3n) is 4.21. The van der Waals surface area contributed by atoms with Crippen LogP contribution in [0.25, 0.3) is 0 Å². The molecule has 25 heavy (non-hydrogen) atoms. The van der Waals surface area contributed by atoms with Crippen molar-refractivity contribution in [3.63, 3.8) is 0 Å². The molecule has 1 aliphatic heterocycles. The molecule has 0 aliphatic carbocycles. The number of anilines is 2. The lowest BCUT2D eigenvalue weighted by Crippen LogP contribution is -2.49. The SMILES string of the molecule is Cc1cc(N2CCN(C(=O)c3ccc(Br)cc3)CC2)nc(N(C)C)n1. The first kappa shape index (κ1) is 17.7. The minimum atomic E-state index is 0.0833. The van der Waals surface area contributed by atoms with Crippen LogP contribution in [0.2, 0.25) is 0 Å². The number of aryl methyl sites for hydroxylation is 1. The van der Waals surface area contributed by atoms with E-state index in [1.54, 1.807) is 0 Å². The summed E-state index contributed by atoms with van der Waals surface area (Å²) in [5, 5.41) is 0. The van der Waals surface area contributed by atoms with Crippen molar-refractivity contribution in [3.8, 4) is 0 Å². The van der Waals surface area contributed by atoms with Gasteiger partial charge in [0.2, 0.25) is 5.95 Å². The van der Waals surface area contributed by atoms with Gasteiger partial charge in [-0.05, 0) is 31.2 Å². The molecule has 0 N–H and O–H groups in total. The number of amides is 1. The molecule has 1 aromatic carbocycles. The van der Waals surface area contributed by atoms with Crippen LogP contribution < -0.4 is 9.80 Å². The standard InChI is InChI=1S/C18H22BrN5O/c1-13-12-16(21-18(20-13)22(2)3)23-8-10-24(11-9-23)17(25)14-4-6-15(19)7-5-14/h4-7,12H,8-11H2,1-3H3. The molecule has 0 unspecified atom stereocenters. The zero-order chi connectivity index (χ0) is 18.0. The van der Waals surface area contributed by atoms with Crippen molar-refractivity contribution >= 4 is 33.6 Å². The van der Waals surface area contributed by atoms with Crippen LogP contribution in [0.15, 0.2) is 34.8 Å². The van der Waals surface area contributed by atoms with E-state index in [9.17, 15) is 4.79 Å². The molecule has 0 bridgehead atoms. The Morgan fingerprint density at radius 3 is 2.32 bits per heavy atom. The third kappa shape index (κ3) is 4.10. The molecule has 1 aromatic heterocycles. The zero-order valence-electron chi connectivity index (χ0n) is 14.7. The van der Waals surface area contributed by atoms with Gasteiger partial charge in [0.05, 0.1) is 0 Å². The number of carbonyl (C=O) groups excluding carboxylic acids is 1. The summed E-state index contributed by atoms with van der Waals surface area (Å²) in [5.41, 5.74) is 1.67. The number of carbonyl (C=O) groups is 1. The molecular weight excluding hydrogens is 382 g/mol. The highest BCUT2D eigenvalue weighted by Gasteiger charge is 2.23. The summed E-state index contributed by atoms with van der Waals surface area (Å²) in [6.45, 7) is 4.90. The summed E-state index contributed by atoms with van der Waals surface area (Å²) in [6, 6.07) is 9.51. The van der Waals surface area contributed by atoms with E-state index in [0.29, 0.717) is 19.0 Å². The van der Waals surface area contributed by atoms with Gasteiger partial charge >= 0.3 is 0 Å². The smallest absolute Gasteiger partial charge is 0.253 e. The quantitative estimate of drug-likeness (QED) is 0.787. The van der Waals surface area contributed by atoms with E-state index >= 15 is 0 Å². The van der Waals surface area contributed by atoms with Crippen LogP contribution in [0.3, 0.4) is 0 Å². The first-order valence-corrected chi connectivity index (χ1v) is 9.06. The Balaban J connectivity index is 1.67. The van der Waals surface area contributed by atoms with E-state index < -0.39 is 0 Å². The Morgan fingerprint density at radius 2 is 1.72 bits per heavy atom. The first-order chi connectivity index (χ1) is 11.9. The van der Waals surface area contributed by atoms with Crippen LogP contribution in [-0.4, -0.2) is 61.0 Å². The van der Waals surface area contributed by atoms with Crippen LogP contribution in [-0.2, 0) is 0 Å². The van der Waals surface area contributed by atoms with E-state index in [-0.39, 0.29) is 5.91 Å². The van der Waals surface area contributed by atoms with Gasteiger partial charge in [0.25, 0.3) is 5.91 Å². The van der Waals surface area contributed by atoms with Gasteiger partial charge in [-0.15, -0.1) is 0 Å². The van der Waals surface area contributed by atoms with Crippen LogP contribution in [0.5, 0.6) is 0 Å². The normalized spacial score (nSPS) is 14.6. The summed E-state index contributed by atoms with van der Waals surface area (Å²) in [4.78, 5) is 27.7. The van der Waals surface area contributed by atoms with E-state index in [4.69, 9.17) is 0 Å². The molecule has 2 heterocycles. The summed E-state index contributed by atoms with van der Waals surface area (Å²) in [7, 11) is 3.88. The highest BCUT2D eigenvalue weighted by Crippen LogP contribution is 2.19. The Kier molecular flexibility index (Phi) is 5.22. The van der Waals surface area contributed by atoms with Gasteiger partial charge < -0.3 is 14.7 Å². The van der Waals surface area contributed by atoms with Crippen molar-refractivity contribution in [3.05, 3.63) is 46.1 Å². The molecular formula is C18H22BrN5O. The Hall–Kier alpha value is -2.15.